The standard InChI is InChI=1S/C12H19NO5/c1-8(11(15)18-12(2,3)4)13-10(14)9-7-16-5-6-17-9/h7-8H,5-6H2,1-4H3,(H,13,14)/t8-/m1/s1. The van der Waals surface area contributed by atoms with Crippen molar-refractivity contribution in [3.05, 3.63) is 12.0 Å². The van der Waals surface area contributed by atoms with Gasteiger partial charge in [-0.3, -0.25) is 4.79 Å². The van der Waals surface area contributed by atoms with Gasteiger partial charge in [0.15, 0.2) is 0 Å². The molecule has 0 aromatic carbocycles. The molecule has 0 bridgehead atoms. The van der Waals surface area contributed by atoms with Gasteiger partial charge in [-0.2, -0.15) is 0 Å². The summed E-state index contributed by atoms with van der Waals surface area (Å²) in [5.41, 5.74) is -0.584. The van der Waals surface area contributed by atoms with Crippen LogP contribution in [0.4, 0.5) is 0 Å². The fraction of sp³-hybridized carbons (Fsp3) is 0.667. The second-order valence-corrected chi connectivity index (χ2v) is 4.93. The second-order valence-electron chi connectivity index (χ2n) is 4.93. The Morgan fingerprint density at radius 3 is 2.56 bits per heavy atom. The second kappa shape index (κ2) is 5.75. The van der Waals surface area contributed by atoms with Gasteiger partial charge in [0, 0.05) is 0 Å². The van der Waals surface area contributed by atoms with E-state index in [0.717, 1.165) is 0 Å². The molecule has 1 amide bonds. The van der Waals surface area contributed by atoms with E-state index in [2.05, 4.69) is 5.32 Å². The summed E-state index contributed by atoms with van der Waals surface area (Å²) in [5, 5.41) is 2.49. The molecule has 0 saturated heterocycles. The number of nitrogens with one attached hydrogen (secondary N) is 1. The molecular formula is C12H19NO5. The van der Waals surface area contributed by atoms with Crippen molar-refractivity contribution < 1.29 is 23.8 Å². The predicted octanol–water partition coefficient (Wildman–Crippen LogP) is 0.721. The first-order valence-corrected chi connectivity index (χ1v) is 5.78. The first kappa shape index (κ1) is 14.3. The molecule has 0 fully saturated rings. The molecule has 0 radical (unpaired) electrons. The summed E-state index contributed by atoms with van der Waals surface area (Å²) in [5.74, 6) is -0.919. The van der Waals surface area contributed by atoms with Crippen molar-refractivity contribution in [1.29, 1.82) is 0 Å². The lowest BCUT2D eigenvalue weighted by atomic mass is 10.2. The quantitative estimate of drug-likeness (QED) is 0.754. The van der Waals surface area contributed by atoms with Gasteiger partial charge in [-0.25, -0.2) is 4.79 Å². The lowest BCUT2D eigenvalue weighted by Crippen LogP contribution is -2.43. The number of carbonyl (C=O) groups excluding carboxylic acids is 2. The smallest absolute Gasteiger partial charge is 0.328 e. The van der Waals surface area contributed by atoms with Crippen molar-refractivity contribution in [3.63, 3.8) is 0 Å². The molecule has 0 aromatic rings. The highest BCUT2D eigenvalue weighted by Gasteiger charge is 2.25. The molecule has 0 saturated carbocycles. The van der Waals surface area contributed by atoms with Crippen LogP contribution >= 0.6 is 0 Å². The first-order valence-electron chi connectivity index (χ1n) is 5.78. The normalized spacial score (nSPS) is 16.8. The Hall–Kier alpha value is -1.72. The average molecular weight is 257 g/mol. The minimum atomic E-state index is -0.747. The highest BCUT2D eigenvalue weighted by atomic mass is 16.6. The lowest BCUT2D eigenvalue weighted by molar-refractivity contribution is -0.158. The van der Waals surface area contributed by atoms with E-state index in [-0.39, 0.29) is 5.76 Å². The molecule has 6 heteroatoms. The van der Waals surface area contributed by atoms with Gasteiger partial charge in [-0.05, 0) is 27.7 Å². The number of carbonyl (C=O) groups is 2. The van der Waals surface area contributed by atoms with E-state index in [0.29, 0.717) is 13.2 Å². The molecule has 18 heavy (non-hydrogen) atoms. The maximum atomic E-state index is 11.7. The van der Waals surface area contributed by atoms with Crippen molar-refractivity contribution in [3.8, 4) is 0 Å². The molecule has 1 atom stereocenters. The molecule has 1 aliphatic heterocycles. The average Bonchev–Trinajstić information content (AvgIpc) is 2.27. The predicted molar refractivity (Wildman–Crippen MR) is 63.4 cm³/mol. The summed E-state index contributed by atoms with van der Waals surface area (Å²) < 4.78 is 15.2. The summed E-state index contributed by atoms with van der Waals surface area (Å²) in [6.07, 6.45) is 1.24. The fourth-order valence-electron chi connectivity index (χ4n) is 1.20. The molecular weight excluding hydrogens is 238 g/mol. The fourth-order valence-corrected chi connectivity index (χ4v) is 1.20. The van der Waals surface area contributed by atoms with Crippen LogP contribution in [0, 0.1) is 0 Å². The molecule has 1 aliphatic rings. The van der Waals surface area contributed by atoms with Crippen molar-refractivity contribution >= 4 is 11.9 Å². The third kappa shape index (κ3) is 4.65. The van der Waals surface area contributed by atoms with E-state index in [1.165, 1.54) is 6.26 Å². The van der Waals surface area contributed by atoms with Gasteiger partial charge in [0.1, 0.15) is 31.1 Å². The maximum Gasteiger partial charge on any atom is 0.328 e. The van der Waals surface area contributed by atoms with Gasteiger partial charge in [0.05, 0.1) is 0 Å². The third-order valence-electron chi connectivity index (χ3n) is 1.98. The van der Waals surface area contributed by atoms with Gasteiger partial charge in [-0.1, -0.05) is 0 Å². The monoisotopic (exact) mass is 257 g/mol. The molecule has 1 N–H and O–H groups in total. The van der Waals surface area contributed by atoms with Crippen LogP contribution in [0.15, 0.2) is 12.0 Å². The maximum absolute atomic E-state index is 11.7. The van der Waals surface area contributed by atoms with Gasteiger partial charge in [-0.15, -0.1) is 0 Å². The van der Waals surface area contributed by atoms with Crippen molar-refractivity contribution in [2.75, 3.05) is 13.2 Å². The van der Waals surface area contributed by atoms with E-state index in [1.807, 2.05) is 0 Å². The van der Waals surface area contributed by atoms with Crippen LogP contribution in [-0.4, -0.2) is 36.7 Å². The first-order chi connectivity index (χ1) is 8.29. The topological polar surface area (TPSA) is 73.9 Å². The Morgan fingerprint density at radius 2 is 2.06 bits per heavy atom. The van der Waals surface area contributed by atoms with Crippen molar-refractivity contribution in [2.45, 2.75) is 39.3 Å². The Kier molecular flexibility index (Phi) is 4.58. The Morgan fingerprint density at radius 1 is 1.39 bits per heavy atom. The number of hydrogen-bond donors (Lipinski definition) is 1. The molecule has 0 aromatic heterocycles. The summed E-state index contributed by atoms with van der Waals surface area (Å²) in [4.78, 5) is 23.3. The van der Waals surface area contributed by atoms with Gasteiger partial charge in [0.25, 0.3) is 5.91 Å². The summed E-state index contributed by atoms with van der Waals surface area (Å²) in [7, 11) is 0. The third-order valence-corrected chi connectivity index (χ3v) is 1.98. The molecule has 6 nitrogen and oxygen atoms in total. The zero-order valence-corrected chi connectivity index (χ0v) is 11.1. The van der Waals surface area contributed by atoms with Crippen molar-refractivity contribution in [1.82, 2.24) is 5.32 Å². The SMILES string of the molecule is C[C@@H](NC(=O)C1=COCCO1)C(=O)OC(C)(C)C. The Labute approximate surface area is 106 Å². The van der Waals surface area contributed by atoms with Crippen LogP contribution in [0.2, 0.25) is 0 Å². The molecule has 1 heterocycles. The lowest BCUT2D eigenvalue weighted by Gasteiger charge is -2.23. The van der Waals surface area contributed by atoms with E-state index in [4.69, 9.17) is 14.2 Å². The molecule has 1 rings (SSSR count). The highest BCUT2D eigenvalue weighted by Crippen LogP contribution is 2.09. The Bertz CT molecular complexity index is 356. The minimum absolute atomic E-state index is 0.0664. The van der Waals surface area contributed by atoms with Crippen LogP contribution in [-0.2, 0) is 23.8 Å². The van der Waals surface area contributed by atoms with E-state index < -0.39 is 23.5 Å². The van der Waals surface area contributed by atoms with Crippen LogP contribution in [0.3, 0.4) is 0 Å². The van der Waals surface area contributed by atoms with E-state index in [1.54, 1.807) is 27.7 Å². The van der Waals surface area contributed by atoms with Crippen LogP contribution in [0.5, 0.6) is 0 Å². The molecule has 102 valence electrons. The van der Waals surface area contributed by atoms with E-state index in [9.17, 15) is 9.59 Å². The minimum Gasteiger partial charge on any atom is -0.494 e. The van der Waals surface area contributed by atoms with Crippen LogP contribution in [0.25, 0.3) is 0 Å². The number of ether oxygens (including phenoxy) is 3. The zero-order valence-electron chi connectivity index (χ0n) is 11.1. The van der Waals surface area contributed by atoms with Gasteiger partial charge >= 0.3 is 5.97 Å². The van der Waals surface area contributed by atoms with E-state index >= 15 is 0 Å². The van der Waals surface area contributed by atoms with Gasteiger partial charge in [0.2, 0.25) is 5.76 Å². The number of amides is 1. The summed E-state index contributed by atoms with van der Waals surface area (Å²) in [6.45, 7) is 7.58. The van der Waals surface area contributed by atoms with Crippen molar-refractivity contribution in [2.24, 2.45) is 0 Å². The molecule has 0 aliphatic carbocycles. The molecule has 0 unspecified atom stereocenters. The summed E-state index contributed by atoms with van der Waals surface area (Å²) >= 11 is 0. The zero-order chi connectivity index (χ0) is 13.8. The number of esters is 1. The largest absolute Gasteiger partial charge is 0.494 e. The number of hydrogen-bond acceptors (Lipinski definition) is 5. The van der Waals surface area contributed by atoms with Crippen LogP contribution in [0.1, 0.15) is 27.7 Å². The summed E-state index contributed by atoms with van der Waals surface area (Å²) in [6, 6.07) is -0.747. The van der Waals surface area contributed by atoms with Gasteiger partial charge < -0.3 is 19.5 Å². The number of rotatable bonds is 3. The molecule has 0 spiro atoms. The van der Waals surface area contributed by atoms with Crippen LogP contribution < -0.4 is 5.32 Å². The highest BCUT2D eigenvalue weighted by molar-refractivity contribution is 5.94. The Balaban J connectivity index is 2.48.